The molecule has 1 aliphatic heterocycles. The normalized spacial score (nSPS) is 19.0. The molecule has 0 aromatic heterocycles. The summed E-state index contributed by atoms with van der Waals surface area (Å²) in [6.45, 7) is 5.29. The van der Waals surface area contributed by atoms with Gasteiger partial charge < -0.3 is 9.64 Å². The summed E-state index contributed by atoms with van der Waals surface area (Å²) in [7, 11) is -2.28. The molecule has 130 valence electrons. The number of hydrogen-bond donors (Lipinski definition) is 0. The molecule has 1 heterocycles. The van der Waals surface area contributed by atoms with Gasteiger partial charge in [-0.2, -0.15) is 4.31 Å². The lowest BCUT2D eigenvalue weighted by atomic mass is 10.2. The SMILES string of the molecule is COC[C@H](C)CN1CCN(S(=O)(=O)c2ccc(F)cc2F)CC1. The lowest BCUT2D eigenvalue weighted by Gasteiger charge is -2.35. The van der Waals surface area contributed by atoms with Crippen LogP contribution >= 0.6 is 0 Å². The molecule has 8 heteroatoms. The summed E-state index contributed by atoms with van der Waals surface area (Å²) in [6, 6.07) is 2.53. The highest BCUT2D eigenvalue weighted by Crippen LogP contribution is 2.21. The molecule has 0 spiro atoms. The van der Waals surface area contributed by atoms with E-state index in [9.17, 15) is 17.2 Å². The first-order valence-electron chi connectivity index (χ1n) is 7.51. The number of nitrogens with zero attached hydrogens (tertiary/aromatic N) is 2. The maximum Gasteiger partial charge on any atom is 0.246 e. The van der Waals surface area contributed by atoms with Gasteiger partial charge in [0.15, 0.2) is 0 Å². The summed E-state index contributed by atoms with van der Waals surface area (Å²) in [4.78, 5) is 1.69. The van der Waals surface area contributed by atoms with E-state index in [1.54, 1.807) is 7.11 Å². The molecule has 0 unspecified atom stereocenters. The Labute approximate surface area is 135 Å². The van der Waals surface area contributed by atoms with Crippen LogP contribution in [0.1, 0.15) is 6.92 Å². The molecule has 0 amide bonds. The Morgan fingerprint density at radius 3 is 2.43 bits per heavy atom. The van der Waals surface area contributed by atoms with E-state index in [4.69, 9.17) is 4.74 Å². The number of methoxy groups -OCH3 is 1. The third-order valence-electron chi connectivity index (χ3n) is 3.86. The molecule has 1 saturated heterocycles. The first-order valence-corrected chi connectivity index (χ1v) is 8.95. The molecule has 2 rings (SSSR count). The summed E-state index contributed by atoms with van der Waals surface area (Å²) < 4.78 is 58.0. The van der Waals surface area contributed by atoms with Crippen molar-refractivity contribution in [1.29, 1.82) is 0 Å². The van der Waals surface area contributed by atoms with Crippen molar-refractivity contribution in [3.8, 4) is 0 Å². The first kappa shape index (κ1) is 18.3. The molecule has 0 bridgehead atoms. The zero-order chi connectivity index (χ0) is 17.0. The highest BCUT2D eigenvalue weighted by atomic mass is 32.2. The highest BCUT2D eigenvalue weighted by Gasteiger charge is 2.31. The standard InChI is InChI=1S/C15H22F2N2O3S/c1-12(11-22-2)10-18-5-7-19(8-6-18)23(20,21)15-4-3-13(16)9-14(15)17/h3-4,9,12H,5-8,10-11H2,1-2H3/t12-/m1/s1. The van der Waals surface area contributed by atoms with Gasteiger partial charge in [-0.3, -0.25) is 0 Å². The first-order chi connectivity index (χ1) is 10.8. The summed E-state index contributed by atoms with van der Waals surface area (Å²) in [6.07, 6.45) is 0. The quantitative estimate of drug-likeness (QED) is 0.783. The Balaban J connectivity index is 2.01. The van der Waals surface area contributed by atoms with Crippen LogP contribution in [-0.4, -0.2) is 64.1 Å². The largest absolute Gasteiger partial charge is 0.384 e. The average molecular weight is 348 g/mol. The summed E-state index contributed by atoms with van der Waals surface area (Å²) in [5, 5.41) is 0. The number of benzene rings is 1. The Morgan fingerprint density at radius 1 is 1.22 bits per heavy atom. The van der Waals surface area contributed by atoms with Gasteiger partial charge in [0, 0.05) is 52.5 Å². The number of rotatable bonds is 6. The maximum atomic E-state index is 13.8. The molecular weight excluding hydrogens is 326 g/mol. The average Bonchev–Trinajstić information content (AvgIpc) is 2.47. The predicted molar refractivity (Wildman–Crippen MR) is 82.6 cm³/mol. The van der Waals surface area contributed by atoms with Crippen LogP contribution in [0.4, 0.5) is 8.78 Å². The predicted octanol–water partition coefficient (Wildman–Crippen LogP) is 1.55. The second-order valence-corrected chi connectivity index (χ2v) is 7.75. The minimum atomic E-state index is -3.93. The Morgan fingerprint density at radius 2 is 1.87 bits per heavy atom. The van der Waals surface area contributed by atoms with Gasteiger partial charge in [0.05, 0.1) is 0 Å². The van der Waals surface area contributed by atoms with Crippen LogP contribution in [0.5, 0.6) is 0 Å². The van der Waals surface area contributed by atoms with E-state index >= 15 is 0 Å². The van der Waals surface area contributed by atoms with Crippen molar-refractivity contribution in [2.75, 3.05) is 46.4 Å². The van der Waals surface area contributed by atoms with E-state index in [1.165, 1.54) is 4.31 Å². The van der Waals surface area contributed by atoms with Gasteiger partial charge in [0.25, 0.3) is 0 Å². The van der Waals surface area contributed by atoms with Crippen LogP contribution in [0.25, 0.3) is 0 Å². The second-order valence-electron chi connectivity index (χ2n) is 5.84. The zero-order valence-corrected chi connectivity index (χ0v) is 14.2. The molecule has 1 fully saturated rings. The Hall–Kier alpha value is -1.09. The summed E-state index contributed by atoms with van der Waals surface area (Å²) in [5.41, 5.74) is 0. The van der Waals surface area contributed by atoms with E-state index in [0.29, 0.717) is 44.8 Å². The van der Waals surface area contributed by atoms with Crippen LogP contribution in [-0.2, 0) is 14.8 Å². The number of hydrogen-bond acceptors (Lipinski definition) is 4. The zero-order valence-electron chi connectivity index (χ0n) is 13.3. The van der Waals surface area contributed by atoms with Gasteiger partial charge in [0.1, 0.15) is 16.5 Å². The van der Waals surface area contributed by atoms with E-state index in [2.05, 4.69) is 11.8 Å². The monoisotopic (exact) mass is 348 g/mol. The molecule has 1 atom stereocenters. The molecule has 5 nitrogen and oxygen atoms in total. The summed E-state index contributed by atoms with van der Waals surface area (Å²) >= 11 is 0. The van der Waals surface area contributed by atoms with Crippen molar-refractivity contribution in [3.63, 3.8) is 0 Å². The van der Waals surface area contributed by atoms with Crippen LogP contribution in [0, 0.1) is 17.6 Å². The minimum absolute atomic E-state index is 0.291. The number of sulfonamides is 1. The van der Waals surface area contributed by atoms with E-state index in [-0.39, 0.29) is 0 Å². The fourth-order valence-corrected chi connectivity index (χ4v) is 4.22. The van der Waals surface area contributed by atoms with Gasteiger partial charge >= 0.3 is 0 Å². The van der Waals surface area contributed by atoms with Crippen LogP contribution in [0.2, 0.25) is 0 Å². The van der Waals surface area contributed by atoms with E-state index in [0.717, 1.165) is 18.7 Å². The summed E-state index contributed by atoms with van der Waals surface area (Å²) in [5.74, 6) is -1.49. The molecule has 0 saturated carbocycles. The fourth-order valence-electron chi connectivity index (χ4n) is 2.75. The van der Waals surface area contributed by atoms with Crippen molar-refractivity contribution in [1.82, 2.24) is 9.21 Å². The number of halogens is 2. The lowest BCUT2D eigenvalue weighted by Crippen LogP contribution is -2.49. The molecule has 0 aliphatic carbocycles. The van der Waals surface area contributed by atoms with Crippen LogP contribution in [0.3, 0.4) is 0 Å². The minimum Gasteiger partial charge on any atom is -0.384 e. The molecule has 1 aliphatic rings. The smallest absolute Gasteiger partial charge is 0.246 e. The third kappa shape index (κ3) is 4.47. The lowest BCUT2D eigenvalue weighted by molar-refractivity contribution is 0.112. The molecule has 0 N–H and O–H groups in total. The van der Waals surface area contributed by atoms with Gasteiger partial charge in [0.2, 0.25) is 10.0 Å². The fraction of sp³-hybridized carbons (Fsp3) is 0.600. The maximum absolute atomic E-state index is 13.8. The molecular formula is C15H22F2N2O3S. The highest BCUT2D eigenvalue weighted by molar-refractivity contribution is 7.89. The van der Waals surface area contributed by atoms with Crippen molar-refractivity contribution in [2.45, 2.75) is 11.8 Å². The van der Waals surface area contributed by atoms with E-state index < -0.39 is 26.6 Å². The van der Waals surface area contributed by atoms with Crippen LogP contribution in [0.15, 0.2) is 23.1 Å². The number of ether oxygens (including phenoxy) is 1. The van der Waals surface area contributed by atoms with Gasteiger partial charge in [-0.05, 0) is 18.1 Å². The number of piperazine rings is 1. The molecule has 1 aromatic rings. The van der Waals surface area contributed by atoms with Crippen molar-refractivity contribution in [2.24, 2.45) is 5.92 Å². The van der Waals surface area contributed by atoms with Crippen LogP contribution < -0.4 is 0 Å². The van der Waals surface area contributed by atoms with Crippen molar-refractivity contribution < 1.29 is 21.9 Å². The molecule has 1 aromatic carbocycles. The van der Waals surface area contributed by atoms with E-state index in [1.807, 2.05) is 0 Å². The third-order valence-corrected chi connectivity index (χ3v) is 5.80. The van der Waals surface area contributed by atoms with Crippen molar-refractivity contribution in [3.05, 3.63) is 29.8 Å². The van der Waals surface area contributed by atoms with Gasteiger partial charge in [-0.25, -0.2) is 17.2 Å². The van der Waals surface area contributed by atoms with Crippen molar-refractivity contribution >= 4 is 10.0 Å². The van der Waals surface area contributed by atoms with Gasteiger partial charge in [-0.15, -0.1) is 0 Å². The second kappa shape index (κ2) is 7.65. The Kier molecular flexibility index (Phi) is 6.07. The molecule has 23 heavy (non-hydrogen) atoms. The Bertz CT molecular complexity index is 632. The topological polar surface area (TPSA) is 49.9 Å². The van der Waals surface area contributed by atoms with Gasteiger partial charge in [-0.1, -0.05) is 6.92 Å². The molecule has 0 radical (unpaired) electrons.